The molecular formula is C22H26N2O4. The maximum atomic E-state index is 12.3. The molecule has 1 fully saturated rings. The molecule has 6 heteroatoms. The molecule has 2 aromatic carbocycles. The van der Waals surface area contributed by atoms with Crippen LogP contribution in [-0.2, 0) is 10.2 Å². The Kier molecular flexibility index (Phi) is 5.58. The molecule has 0 bridgehead atoms. The Morgan fingerprint density at radius 2 is 1.93 bits per heavy atom. The fourth-order valence-electron chi connectivity index (χ4n) is 3.05. The third kappa shape index (κ3) is 4.44. The van der Waals surface area contributed by atoms with E-state index in [2.05, 4.69) is 26.1 Å². The number of rotatable bonds is 5. The molecule has 1 aliphatic heterocycles. The Hall–Kier alpha value is -3.02. The average Bonchev–Trinajstić information content (AvgIpc) is 3.06. The summed E-state index contributed by atoms with van der Waals surface area (Å²) >= 11 is 0. The normalized spacial score (nSPS) is 16.6. The highest BCUT2D eigenvalue weighted by Gasteiger charge is 2.32. The van der Waals surface area contributed by atoms with Crippen molar-refractivity contribution in [3.63, 3.8) is 0 Å². The van der Waals surface area contributed by atoms with Gasteiger partial charge in [0.25, 0.3) is 5.91 Å². The first-order valence-electron chi connectivity index (χ1n) is 9.29. The van der Waals surface area contributed by atoms with Crippen LogP contribution in [0.4, 0.5) is 10.5 Å². The monoisotopic (exact) mass is 382 g/mol. The number of carbonyl (C=O) groups is 2. The summed E-state index contributed by atoms with van der Waals surface area (Å²) in [5.74, 6) is 0.382. The quantitative estimate of drug-likeness (QED) is 0.855. The fraction of sp³-hybridized carbons (Fsp3) is 0.364. The van der Waals surface area contributed by atoms with Crippen LogP contribution in [0.1, 0.15) is 36.7 Å². The number of carbonyl (C=O) groups excluding carboxylic acids is 2. The average molecular weight is 382 g/mol. The predicted octanol–water partition coefficient (Wildman–Crippen LogP) is 3.75. The minimum Gasteiger partial charge on any atom is -0.497 e. The highest BCUT2D eigenvalue weighted by Crippen LogP contribution is 2.27. The summed E-state index contributed by atoms with van der Waals surface area (Å²) in [6.45, 7) is 7.08. The van der Waals surface area contributed by atoms with Gasteiger partial charge in [-0.05, 0) is 41.3 Å². The van der Waals surface area contributed by atoms with Gasteiger partial charge in [0.05, 0.1) is 20.2 Å². The summed E-state index contributed by atoms with van der Waals surface area (Å²) in [6, 6.07) is 14.8. The van der Waals surface area contributed by atoms with Crippen molar-refractivity contribution in [1.82, 2.24) is 5.32 Å². The number of hydrogen-bond donors (Lipinski definition) is 1. The van der Waals surface area contributed by atoms with E-state index in [-0.39, 0.29) is 17.9 Å². The molecule has 0 radical (unpaired) electrons. The molecule has 148 valence electrons. The van der Waals surface area contributed by atoms with Crippen molar-refractivity contribution in [2.75, 3.05) is 25.1 Å². The van der Waals surface area contributed by atoms with Gasteiger partial charge in [0.1, 0.15) is 11.9 Å². The standard InChI is InChI=1S/C22H26N2O4/c1-22(2,3)16-8-10-17(11-9-16)24-14-19(28-21(24)26)13-23-20(25)15-6-5-7-18(12-15)27-4/h5-12,19H,13-14H2,1-4H3,(H,23,25). The van der Waals surface area contributed by atoms with Crippen LogP contribution in [0.3, 0.4) is 0 Å². The zero-order valence-corrected chi connectivity index (χ0v) is 16.7. The molecule has 1 heterocycles. The number of cyclic esters (lactones) is 1. The van der Waals surface area contributed by atoms with Gasteiger partial charge in [0.2, 0.25) is 0 Å². The lowest BCUT2D eigenvalue weighted by atomic mass is 9.87. The molecular weight excluding hydrogens is 356 g/mol. The molecule has 1 aliphatic rings. The Bertz CT molecular complexity index is 856. The van der Waals surface area contributed by atoms with E-state index in [4.69, 9.17) is 9.47 Å². The minimum absolute atomic E-state index is 0.0526. The van der Waals surface area contributed by atoms with E-state index < -0.39 is 12.2 Å². The van der Waals surface area contributed by atoms with Gasteiger partial charge in [0, 0.05) is 11.3 Å². The van der Waals surface area contributed by atoms with Crippen molar-refractivity contribution in [3.05, 3.63) is 59.7 Å². The first-order chi connectivity index (χ1) is 13.3. The van der Waals surface area contributed by atoms with E-state index in [1.165, 1.54) is 5.56 Å². The Morgan fingerprint density at radius 3 is 2.57 bits per heavy atom. The van der Waals surface area contributed by atoms with Crippen LogP contribution >= 0.6 is 0 Å². The lowest BCUT2D eigenvalue weighted by molar-refractivity contribution is 0.0916. The van der Waals surface area contributed by atoms with E-state index in [1.807, 2.05) is 24.3 Å². The second-order valence-electron chi connectivity index (χ2n) is 7.86. The van der Waals surface area contributed by atoms with Gasteiger partial charge in [0.15, 0.2) is 0 Å². The van der Waals surface area contributed by atoms with Gasteiger partial charge < -0.3 is 14.8 Å². The summed E-state index contributed by atoms with van der Waals surface area (Å²) < 4.78 is 10.5. The molecule has 0 aromatic heterocycles. The zero-order valence-electron chi connectivity index (χ0n) is 16.7. The summed E-state index contributed by atoms with van der Waals surface area (Å²) in [4.78, 5) is 26.1. The van der Waals surface area contributed by atoms with Crippen LogP contribution in [0.5, 0.6) is 5.75 Å². The number of nitrogens with zero attached hydrogens (tertiary/aromatic N) is 1. The second-order valence-corrected chi connectivity index (χ2v) is 7.86. The van der Waals surface area contributed by atoms with Crippen LogP contribution in [0.2, 0.25) is 0 Å². The molecule has 0 aliphatic carbocycles. The van der Waals surface area contributed by atoms with Crippen molar-refractivity contribution in [2.45, 2.75) is 32.3 Å². The van der Waals surface area contributed by atoms with E-state index in [0.717, 1.165) is 5.69 Å². The summed E-state index contributed by atoms with van der Waals surface area (Å²) in [6.07, 6.45) is -0.798. The van der Waals surface area contributed by atoms with Crippen molar-refractivity contribution in [2.24, 2.45) is 0 Å². The van der Waals surface area contributed by atoms with Crippen molar-refractivity contribution in [3.8, 4) is 5.75 Å². The van der Waals surface area contributed by atoms with E-state index in [9.17, 15) is 9.59 Å². The van der Waals surface area contributed by atoms with Gasteiger partial charge >= 0.3 is 6.09 Å². The molecule has 0 saturated carbocycles. The molecule has 1 atom stereocenters. The zero-order chi connectivity index (χ0) is 20.3. The maximum Gasteiger partial charge on any atom is 0.414 e. The largest absolute Gasteiger partial charge is 0.497 e. The minimum atomic E-state index is -0.399. The van der Waals surface area contributed by atoms with Gasteiger partial charge in [-0.3, -0.25) is 9.69 Å². The van der Waals surface area contributed by atoms with Crippen molar-refractivity contribution < 1.29 is 19.1 Å². The number of amides is 2. The third-order valence-corrected chi connectivity index (χ3v) is 4.74. The summed E-state index contributed by atoms with van der Waals surface area (Å²) in [7, 11) is 1.55. The van der Waals surface area contributed by atoms with Crippen molar-refractivity contribution in [1.29, 1.82) is 0 Å². The smallest absolute Gasteiger partial charge is 0.414 e. The maximum absolute atomic E-state index is 12.3. The molecule has 1 N–H and O–H groups in total. The van der Waals surface area contributed by atoms with Gasteiger partial charge in [-0.15, -0.1) is 0 Å². The molecule has 2 amide bonds. The second kappa shape index (κ2) is 7.92. The van der Waals surface area contributed by atoms with E-state index in [0.29, 0.717) is 17.9 Å². The SMILES string of the molecule is COc1cccc(C(=O)NCC2CN(c3ccc(C(C)(C)C)cc3)C(=O)O2)c1. The van der Waals surface area contributed by atoms with Crippen LogP contribution < -0.4 is 15.0 Å². The third-order valence-electron chi connectivity index (χ3n) is 4.74. The molecule has 1 saturated heterocycles. The summed E-state index contributed by atoms with van der Waals surface area (Å²) in [5, 5.41) is 2.82. The number of hydrogen-bond acceptors (Lipinski definition) is 4. The van der Waals surface area contributed by atoms with Gasteiger partial charge in [-0.1, -0.05) is 39.0 Å². The van der Waals surface area contributed by atoms with E-state index >= 15 is 0 Å². The number of methoxy groups -OCH3 is 1. The van der Waals surface area contributed by atoms with Crippen LogP contribution in [0, 0.1) is 0 Å². The Balaban J connectivity index is 1.59. The molecule has 1 unspecified atom stereocenters. The number of ether oxygens (including phenoxy) is 2. The highest BCUT2D eigenvalue weighted by molar-refractivity contribution is 5.94. The number of benzene rings is 2. The van der Waals surface area contributed by atoms with Crippen LogP contribution in [0.25, 0.3) is 0 Å². The molecule has 28 heavy (non-hydrogen) atoms. The van der Waals surface area contributed by atoms with Crippen LogP contribution in [-0.4, -0.2) is 38.3 Å². The fourth-order valence-corrected chi connectivity index (χ4v) is 3.05. The molecule has 2 aromatic rings. The van der Waals surface area contributed by atoms with Gasteiger partial charge in [-0.2, -0.15) is 0 Å². The van der Waals surface area contributed by atoms with Crippen LogP contribution in [0.15, 0.2) is 48.5 Å². The molecule has 3 rings (SSSR count). The first kappa shape index (κ1) is 19.7. The number of nitrogens with one attached hydrogen (secondary N) is 1. The lowest BCUT2D eigenvalue weighted by Gasteiger charge is -2.20. The van der Waals surface area contributed by atoms with Crippen molar-refractivity contribution >= 4 is 17.7 Å². The topological polar surface area (TPSA) is 67.9 Å². The van der Waals surface area contributed by atoms with Gasteiger partial charge in [-0.25, -0.2) is 4.79 Å². The molecule has 0 spiro atoms. The lowest BCUT2D eigenvalue weighted by Crippen LogP contribution is -2.34. The Labute approximate surface area is 165 Å². The highest BCUT2D eigenvalue weighted by atomic mass is 16.6. The molecule has 6 nitrogen and oxygen atoms in total. The summed E-state index contributed by atoms with van der Waals surface area (Å²) in [5.41, 5.74) is 2.54. The predicted molar refractivity (Wildman–Crippen MR) is 108 cm³/mol. The number of anilines is 1. The Morgan fingerprint density at radius 1 is 1.21 bits per heavy atom. The van der Waals surface area contributed by atoms with E-state index in [1.54, 1.807) is 36.3 Å². The first-order valence-corrected chi connectivity index (χ1v) is 9.29.